The first-order valence-electron chi connectivity index (χ1n) is 6.34. The van der Waals surface area contributed by atoms with E-state index in [1.54, 1.807) is 25.2 Å². The summed E-state index contributed by atoms with van der Waals surface area (Å²) in [5.74, 6) is -0.290. The Morgan fingerprint density at radius 1 is 1.15 bits per heavy atom. The summed E-state index contributed by atoms with van der Waals surface area (Å²) in [7, 11) is 3.20. The van der Waals surface area contributed by atoms with Crippen molar-refractivity contribution in [3.63, 3.8) is 0 Å². The van der Waals surface area contributed by atoms with E-state index in [2.05, 4.69) is 5.32 Å². The monoisotopic (exact) mass is 277 g/mol. The summed E-state index contributed by atoms with van der Waals surface area (Å²) in [6.45, 7) is 1.87. The molecule has 0 spiro atoms. The van der Waals surface area contributed by atoms with Gasteiger partial charge in [-0.15, -0.1) is 0 Å². The van der Waals surface area contributed by atoms with Crippen LogP contribution in [0.3, 0.4) is 0 Å². The van der Waals surface area contributed by atoms with Gasteiger partial charge >= 0.3 is 0 Å². The Labute approximate surface area is 117 Å². The molecule has 0 aliphatic heterocycles. The number of benzene rings is 2. The predicted octanol–water partition coefficient (Wildman–Crippen LogP) is 3.59. The van der Waals surface area contributed by atoms with E-state index < -0.39 is 6.04 Å². The smallest absolute Gasteiger partial charge is 0.132 e. The van der Waals surface area contributed by atoms with Crippen LogP contribution in [0.5, 0.6) is 5.75 Å². The molecule has 0 saturated heterocycles. The maximum absolute atomic E-state index is 14.2. The molecule has 0 radical (unpaired) electrons. The number of hydrogen-bond acceptors (Lipinski definition) is 2. The summed E-state index contributed by atoms with van der Waals surface area (Å²) < 4.78 is 32.9. The lowest BCUT2D eigenvalue weighted by molar-refractivity contribution is 0.398. The Morgan fingerprint density at radius 3 is 2.55 bits per heavy atom. The highest BCUT2D eigenvalue weighted by Crippen LogP contribution is 2.33. The molecule has 0 aliphatic carbocycles. The van der Waals surface area contributed by atoms with E-state index in [4.69, 9.17) is 4.74 Å². The van der Waals surface area contributed by atoms with Crippen molar-refractivity contribution in [3.05, 3.63) is 64.7 Å². The summed E-state index contributed by atoms with van der Waals surface area (Å²) in [6.07, 6.45) is 0. The fourth-order valence-corrected chi connectivity index (χ4v) is 2.35. The second kappa shape index (κ2) is 6.01. The van der Waals surface area contributed by atoms with Crippen molar-refractivity contribution in [2.75, 3.05) is 14.2 Å². The number of rotatable bonds is 4. The molecule has 2 rings (SSSR count). The number of halogens is 2. The Balaban J connectivity index is 2.61. The molecule has 20 heavy (non-hydrogen) atoms. The molecular formula is C16H17F2NO. The van der Waals surface area contributed by atoms with Crippen molar-refractivity contribution in [2.45, 2.75) is 13.0 Å². The summed E-state index contributed by atoms with van der Waals surface area (Å²) >= 11 is 0. The van der Waals surface area contributed by atoms with Crippen LogP contribution in [0.25, 0.3) is 0 Å². The predicted molar refractivity (Wildman–Crippen MR) is 75.0 cm³/mol. The second-order valence-electron chi connectivity index (χ2n) is 4.58. The van der Waals surface area contributed by atoms with Gasteiger partial charge in [0, 0.05) is 0 Å². The first kappa shape index (κ1) is 14.5. The van der Waals surface area contributed by atoms with Crippen LogP contribution in [0.1, 0.15) is 22.7 Å². The molecule has 0 heterocycles. The SMILES string of the molecule is CNC(c1cc(F)ccc1C)c1c(F)cccc1OC. The first-order valence-corrected chi connectivity index (χ1v) is 6.34. The van der Waals surface area contributed by atoms with E-state index >= 15 is 0 Å². The van der Waals surface area contributed by atoms with Crippen molar-refractivity contribution in [3.8, 4) is 5.75 Å². The Hall–Kier alpha value is -1.94. The zero-order valence-corrected chi connectivity index (χ0v) is 11.7. The molecule has 1 N–H and O–H groups in total. The third-order valence-electron chi connectivity index (χ3n) is 3.36. The molecule has 0 aromatic heterocycles. The molecule has 4 heteroatoms. The molecule has 2 aromatic rings. The van der Waals surface area contributed by atoms with Gasteiger partial charge in [0.25, 0.3) is 0 Å². The summed E-state index contributed by atoms with van der Waals surface area (Å²) in [4.78, 5) is 0. The van der Waals surface area contributed by atoms with Crippen LogP contribution in [-0.4, -0.2) is 14.2 Å². The molecule has 1 unspecified atom stereocenters. The van der Waals surface area contributed by atoms with Gasteiger partial charge in [-0.3, -0.25) is 0 Å². The van der Waals surface area contributed by atoms with Crippen molar-refractivity contribution < 1.29 is 13.5 Å². The number of aryl methyl sites for hydroxylation is 1. The van der Waals surface area contributed by atoms with Crippen molar-refractivity contribution in [2.24, 2.45) is 0 Å². The van der Waals surface area contributed by atoms with E-state index in [1.165, 1.54) is 25.3 Å². The van der Waals surface area contributed by atoms with Gasteiger partial charge in [-0.1, -0.05) is 12.1 Å². The van der Waals surface area contributed by atoms with Gasteiger partial charge in [-0.2, -0.15) is 0 Å². The second-order valence-corrected chi connectivity index (χ2v) is 4.58. The van der Waals surface area contributed by atoms with Gasteiger partial charge in [-0.25, -0.2) is 8.78 Å². The fourth-order valence-electron chi connectivity index (χ4n) is 2.35. The minimum Gasteiger partial charge on any atom is -0.496 e. The van der Waals surface area contributed by atoms with Crippen molar-refractivity contribution >= 4 is 0 Å². The van der Waals surface area contributed by atoms with Crippen LogP contribution < -0.4 is 10.1 Å². The summed E-state index contributed by atoms with van der Waals surface area (Å²) in [5, 5.41) is 3.03. The van der Waals surface area contributed by atoms with Gasteiger partial charge in [-0.05, 0) is 49.4 Å². The highest BCUT2D eigenvalue weighted by Gasteiger charge is 2.22. The number of methoxy groups -OCH3 is 1. The number of hydrogen-bond donors (Lipinski definition) is 1. The van der Waals surface area contributed by atoms with Gasteiger partial charge < -0.3 is 10.1 Å². The highest BCUT2D eigenvalue weighted by atomic mass is 19.1. The summed E-state index contributed by atoms with van der Waals surface area (Å²) in [6, 6.07) is 8.67. The van der Waals surface area contributed by atoms with E-state index in [-0.39, 0.29) is 11.6 Å². The van der Waals surface area contributed by atoms with E-state index in [9.17, 15) is 8.78 Å². The molecule has 0 saturated carbocycles. The van der Waals surface area contributed by atoms with Crippen LogP contribution in [0.15, 0.2) is 36.4 Å². The van der Waals surface area contributed by atoms with E-state index in [0.717, 1.165) is 5.56 Å². The fraction of sp³-hybridized carbons (Fsp3) is 0.250. The standard InChI is InChI=1S/C16H17F2NO/c1-10-7-8-11(17)9-12(10)16(19-2)15-13(18)5-4-6-14(15)20-3/h4-9,16,19H,1-3H3. The lowest BCUT2D eigenvalue weighted by Crippen LogP contribution is -2.21. The van der Waals surface area contributed by atoms with Crippen LogP contribution in [0, 0.1) is 18.6 Å². The third-order valence-corrected chi connectivity index (χ3v) is 3.36. The van der Waals surface area contributed by atoms with Gasteiger partial charge in [0.2, 0.25) is 0 Å². The zero-order valence-electron chi connectivity index (χ0n) is 11.7. The maximum atomic E-state index is 14.2. The molecular weight excluding hydrogens is 260 g/mol. The van der Waals surface area contributed by atoms with Crippen molar-refractivity contribution in [1.29, 1.82) is 0 Å². The minimum atomic E-state index is -0.471. The van der Waals surface area contributed by atoms with Crippen molar-refractivity contribution in [1.82, 2.24) is 5.32 Å². The normalized spacial score (nSPS) is 12.2. The first-order chi connectivity index (χ1) is 9.58. The van der Waals surface area contributed by atoms with Crippen LogP contribution in [0.4, 0.5) is 8.78 Å². The van der Waals surface area contributed by atoms with E-state index in [0.29, 0.717) is 16.9 Å². The molecule has 2 aromatic carbocycles. The Morgan fingerprint density at radius 2 is 1.90 bits per heavy atom. The van der Waals surface area contributed by atoms with Gasteiger partial charge in [0.15, 0.2) is 0 Å². The van der Waals surface area contributed by atoms with Crippen LogP contribution >= 0.6 is 0 Å². The van der Waals surface area contributed by atoms with Gasteiger partial charge in [0.05, 0.1) is 18.7 Å². The average molecular weight is 277 g/mol. The molecule has 0 aliphatic rings. The molecule has 106 valence electrons. The minimum absolute atomic E-state index is 0.346. The quantitative estimate of drug-likeness (QED) is 0.922. The number of ether oxygens (including phenoxy) is 1. The largest absolute Gasteiger partial charge is 0.496 e. The lowest BCUT2D eigenvalue weighted by Gasteiger charge is -2.22. The molecule has 0 fully saturated rings. The summed E-state index contributed by atoms with van der Waals surface area (Å²) in [5.41, 5.74) is 1.96. The molecule has 0 bridgehead atoms. The third kappa shape index (κ3) is 2.65. The Kier molecular flexibility index (Phi) is 4.35. The number of nitrogens with one attached hydrogen (secondary N) is 1. The van der Waals surface area contributed by atoms with Crippen LogP contribution in [-0.2, 0) is 0 Å². The molecule has 2 nitrogen and oxygen atoms in total. The van der Waals surface area contributed by atoms with E-state index in [1.807, 2.05) is 6.92 Å². The highest BCUT2D eigenvalue weighted by molar-refractivity contribution is 5.44. The Bertz CT molecular complexity index is 613. The topological polar surface area (TPSA) is 21.3 Å². The van der Waals surface area contributed by atoms with Crippen LogP contribution in [0.2, 0.25) is 0 Å². The van der Waals surface area contributed by atoms with Gasteiger partial charge in [0.1, 0.15) is 17.4 Å². The molecule has 0 amide bonds. The molecule has 1 atom stereocenters. The average Bonchev–Trinajstić information content (AvgIpc) is 2.44. The zero-order chi connectivity index (χ0) is 14.7. The maximum Gasteiger partial charge on any atom is 0.132 e. The lowest BCUT2D eigenvalue weighted by atomic mass is 9.94.